The molecule has 3 atom stereocenters. The molecule has 1 aromatic carbocycles. The van der Waals surface area contributed by atoms with Crippen LogP contribution in [0.5, 0.6) is 0 Å². The van der Waals surface area contributed by atoms with Crippen molar-refractivity contribution in [3.05, 3.63) is 29.8 Å². The van der Waals surface area contributed by atoms with Crippen LogP contribution < -0.4 is 16.0 Å². The van der Waals surface area contributed by atoms with Gasteiger partial charge in [0.1, 0.15) is 0 Å². The topological polar surface area (TPSA) is 70.2 Å². The van der Waals surface area contributed by atoms with Gasteiger partial charge in [0, 0.05) is 11.7 Å². The number of rotatable bonds is 5. The van der Waals surface area contributed by atoms with Crippen molar-refractivity contribution >= 4 is 17.6 Å². The summed E-state index contributed by atoms with van der Waals surface area (Å²) in [6.07, 6.45) is 9.19. The van der Waals surface area contributed by atoms with E-state index in [4.69, 9.17) is 0 Å². The lowest BCUT2D eigenvalue weighted by Crippen LogP contribution is -2.60. The molecule has 0 heterocycles. The van der Waals surface area contributed by atoms with Gasteiger partial charge in [-0.25, -0.2) is 4.79 Å². The third-order valence-electron chi connectivity index (χ3n) is 8.04. The molecule has 5 aliphatic carbocycles. The number of hydrogen-bond donors (Lipinski definition) is 3. The Balaban J connectivity index is 1.23. The Morgan fingerprint density at radius 2 is 1.60 bits per heavy atom. The Labute approximate surface area is 179 Å². The molecule has 3 amide bonds. The van der Waals surface area contributed by atoms with Crippen LogP contribution in [0.4, 0.5) is 10.5 Å². The lowest BCUT2D eigenvalue weighted by Gasteiger charge is -2.64. The predicted molar refractivity (Wildman–Crippen MR) is 118 cm³/mol. The number of nitrogens with one attached hydrogen (secondary N) is 3. The van der Waals surface area contributed by atoms with E-state index in [-0.39, 0.29) is 23.4 Å². The van der Waals surface area contributed by atoms with Crippen molar-refractivity contribution in [3.8, 4) is 0 Å². The van der Waals surface area contributed by atoms with E-state index in [1.54, 1.807) is 0 Å². The standard InChI is InChI=1S/C25H35N3O2/c1-16(18-4-6-19(7-5-18)27-22(30)28-20-8-9-20)26-21(29)25-12-17-10-23(2,14-25)13-24(3,11-17)15-25/h4-7,16-17,20H,8-15H2,1-3H3,(H,26,29)(H2,27,28,30). The van der Waals surface area contributed by atoms with E-state index >= 15 is 0 Å². The minimum atomic E-state index is -0.181. The molecule has 3 N–H and O–H groups in total. The van der Waals surface area contributed by atoms with E-state index in [9.17, 15) is 9.59 Å². The van der Waals surface area contributed by atoms with Gasteiger partial charge in [-0.15, -0.1) is 0 Å². The third-order valence-corrected chi connectivity index (χ3v) is 8.04. The summed E-state index contributed by atoms with van der Waals surface area (Å²) in [5, 5.41) is 9.15. The van der Waals surface area contributed by atoms with E-state index in [0.29, 0.717) is 22.8 Å². The number of anilines is 1. The molecule has 0 aromatic heterocycles. The predicted octanol–water partition coefficient (Wildman–Crippen LogP) is 5.14. The van der Waals surface area contributed by atoms with Crippen molar-refractivity contribution in [3.63, 3.8) is 0 Å². The fourth-order valence-corrected chi connectivity index (χ4v) is 7.57. The van der Waals surface area contributed by atoms with Crippen LogP contribution in [0.1, 0.15) is 83.7 Å². The van der Waals surface area contributed by atoms with Gasteiger partial charge in [-0.2, -0.15) is 0 Å². The summed E-state index contributed by atoms with van der Waals surface area (Å²) in [6, 6.07) is 7.98. The average molecular weight is 410 g/mol. The van der Waals surface area contributed by atoms with E-state index < -0.39 is 0 Å². The fraction of sp³-hybridized carbons (Fsp3) is 0.680. The summed E-state index contributed by atoms with van der Waals surface area (Å²) in [7, 11) is 0. The van der Waals surface area contributed by atoms with Crippen LogP contribution in [0.15, 0.2) is 24.3 Å². The molecule has 0 spiro atoms. The summed E-state index contributed by atoms with van der Waals surface area (Å²) >= 11 is 0. The van der Waals surface area contributed by atoms with Gasteiger partial charge in [0.25, 0.3) is 0 Å². The molecule has 0 radical (unpaired) electrons. The van der Waals surface area contributed by atoms with Gasteiger partial charge in [-0.3, -0.25) is 4.79 Å². The molecule has 30 heavy (non-hydrogen) atoms. The molecule has 5 fully saturated rings. The Morgan fingerprint density at radius 3 is 2.17 bits per heavy atom. The van der Waals surface area contributed by atoms with Gasteiger partial charge in [0.2, 0.25) is 5.91 Å². The summed E-state index contributed by atoms with van der Waals surface area (Å²) in [5.41, 5.74) is 2.34. The molecule has 3 unspecified atom stereocenters. The zero-order valence-electron chi connectivity index (χ0n) is 18.5. The van der Waals surface area contributed by atoms with E-state index in [2.05, 4.69) is 36.7 Å². The van der Waals surface area contributed by atoms with Gasteiger partial charge in [0.15, 0.2) is 0 Å². The Morgan fingerprint density at radius 1 is 0.967 bits per heavy atom. The molecule has 4 bridgehead atoms. The van der Waals surface area contributed by atoms with E-state index in [0.717, 1.165) is 43.4 Å². The first-order valence-electron chi connectivity index (χ1n) is 11.6. The minimum absolute atomic E-state index is 0.0412. The second kappa shape index (κ2) is 6.73. The first-order valence-corrected chi connectivity index (χ1v) is 11.6. The Bertz CT molecular complexity index is 842. The van der Waals surface area contributed by atoms with Crippen molar-refractivity contribution in [2.75, 3.05) is 5.32 Å². The van der Waals surface area contributed by atoms with Crippen LogP contribution in [-0.4, -0.2) is 18.0 Å². The molecule has 5 aliphatic rings. The second-order valence-corrected chi connectivity index (χ2v) is 11.6. The SMILES string of the molecule is CC(NC(=O)C12CC3CC(C)(CC(C)(C3)C1)C2)c1ccc(NC(=O)NC2CC2)cc1. The maximum absolute atomic E-state index is 13.5. The smallest absolute Gasteiger partial charge is 0.319 e. The highest BCUT2D eigenvalue weighted by atomic mass is 16.2. The minimum Gasteiger partial charge on any atom is -0.349 e. The Kier molecular flexibility index (Phi) is 4.46. The number of urea groups is 1. The fourth-order valence-electron chi connectivity index (χ4n) is 7.57. The molecule has 0 aliphatic heterocycles. The zero-order valence-corrected chi connectivity index (χ0v) is 18.5. The lowest BCUT2D eigenvalue weighted by molar-refractivity contribution is -0.170. The van der Waals surface area contributed by atoms with Crippen LogP contribution in [0.25, 0.3) is 0 Å². The van der Waals surface area contributed by atoms with E-state index in [1.165, 1.54) is 19.3 Å². The van der Waals surface area contributed by atoms with Crippen LogP contribution in [-0.2, 0) is 4.79 Å². The van der Waals surface area contributed by atoms with Crippen molar-refractivity contribution in [1.82, 2.24) is 10.6 Å². The molecule has 1 aromatic rings. The van der Waals surface area contributed by atoms with Crippen LogP contribution in [0.2, 0.25) is 0 Å². The molecule has 6 rings (SSSR count). The molecule has 5 heteroatoms. The number of hydrogen-bond acceptors (Lipinski definition) is 2. The molecule has 162 valence electrons. The number of carbonyl (C=O) groups is 2. The highest BCUT2D eigenvalue weighted by molar-refractivity contribution is 5.89. The van der Waals surface area contributed by atoms with E-state index in [1.807, 2.05) is 24.3 Å². The first kappa shape index (κ1) is 19.9. The quantitative estimate of drug-likeness (QED) is 0.630. The molecular weight excluding hydrogens is 374 g/mol. The van der Waals surface area contributed by atoms with Gasteiger partial charge in [-0.1, -0.05) is 26.0 Å². The molecular formula is C25H35N3O2. The maximum atomic E-state index is 13.5. The largest absolute Gasteiger partial charge is 0.349 e. The summed E-state index contributed by atoms with van der Waals surface area (Å²) in [4.78, 5) is 25.4. The zero-order chi connectivity index (χ0) is 21.1. The molecule has 0 saturated heterocycles. The van der Waals surface area contributed by atoms with Gasteiger partial charge >= 0.3 is 6.03 Å². The lowest BCUT2D eigenvalue weighted by atomic mass is 9.40. The van der Waals surface area contributed by atoms with Crippen LogP contribution >= 0.6 is 0 Å². The first-order chi connectivity index (χ1) is 14.2. The second-order valence-electron chi connectivity index (χ2n) is 11.6. The molecule has 5 saturated carbocycles. The number of amides is 3. The number of benzene rings is 1. The van der Waals surface area contributed by atoms with Crippen LogP contribution in [0, 0.1) is 22.2 Å². The molecule has 5 nitrogen and oxygen atoms in total. The van der Waals surface area contributed by atoms with Crippen LogP contribution in [0.3, 0.4) is 0 Å². The highest BCUT2D eigenvalue weighted by Crippen LogP contribution is 2.69. The maximum Gasteiger partial charge on any atom is 0.319 e. The summed E-state index contributed by atoms with van der Waals surface area (Å²) in [6.45, 7) is 6.88. The monoisotopic (exact) mass is 409 g/mol. The number of carbonyl (C=O) groups excluding carboxylic acids is 2. The van der Waals surface area contributed by atoms with Gasteiger partial charge in [-0.05, 0) is 92.7 Å². The highest BCUT2D eigenvalue weighted by Gasteiger charge is 2.62. The van der Waals surface area contributed by atoms with Gasteiger partial charge < -0.3 is 16.0 Å². The third kappa shape index (κ3) is 3.72. The van der Waals surface area contributed by atoms with Crippen molar-refractivity contribution in [2.45, 2.75) is 84.2 Å². The average Bonchev–Trinajstić information content (AvgIpc) is 3.43. The Hall–Kier alpha value is -2.04. The summed E-state index contributed by atoms with van der Waals surface area (Å²) in [5.74, 6) is 0.965. The van der Waals surface area contributed by atoms with Crippen molar-refractivity contribution in [1.29, 1.82) is 0 Å². The van der Waals surface area contributed by atoms with Crippen molar-refractivity contribution < 1.29 is 9.59 Å². The normalized spacial score (nSPS) is 37.5. The van der Waals surface area contributed by atoms with Crippen molar-refractivity contribution in [2.24, 2.45) is 22.2 Å². The summed E-state index contributed by atoms with van der Waals surface area (Å²) < 4.78 is 0. The van der Waals surface area contributed by atoms with Gasteiger partial charge in [0.05, 0.1) is 11.5 Å².